The lowest BCUT2D eigenvalue weighted by molar-refractivity contribution is -0.167. The van der Waals surface area contributed by atoms with Crippen molar-refractivity contribution in [3.05, 3.63) is 48.6 Å². The van der Waals surface area contributed by atoms with E-state index in [-0.39, 0.29) is 37.5 Å². The van der Waals surface area contributed by atoms with Crippen LogP contribution in [0.5, 0.6) is 0 Å². The highest BCUT2D eigenvalue weighted by Gasteiger charge is 2.19. The van der Waals surface area contributed by atoms with Gasteiger partial charge in [0.05, 0.1) is 0 Å². The Morgan fingerprint density at radius 3 is 0.822 bits per heavy atom. The van der Waals surface area contributed by atoms with Crippen molar-refractivity contribution in [2.45, 2.75) is 348 Å². The lowest BCUT2D eigenvalue weighted by atomic mass is 10.0. The molecule has 0 N–H and O–H groups in total. The molecule has 0 fully saturated rings. The van der Waals surface area contributed by atoms with Gasteiger partial charge in [0, 0.05) is 19.3 Å². The molecular formula is C67H122O6. The Morgan fingerprint density at radius 2 is 0.507 bits per heavy atom. The third-order valence-electron chi connectivity index (χ3n) is 14.3. The van der Waals surface area contributed by atoms with E-state index in [1.165, 1.54) is 231 Å². The summed E-state index contributed by atoms with van der Waals surface area (Å²) in [5.74, 6) is -0.920. The molecule has 0 aromatic heterocycles. The van der Waals surface area contributed by atoms with E-state index >= 15 is 0 Å². The molecule has 0 aliphatic rings. The quantitative estimate of drug-likeness (QED) is 0.0261. The van der Waals surface area contributed by atoms with Gasteiger partial charge < -0.3 is 14.2 Å². The maximum atomic E-state index is 12.9. The van der Waals surface area contributed by atoms with Crippen molar-refractivity contribution in [3.63, 3.8) is 0 Å². The number of allylic oxidation sites excluding steroid dienone is 8. The van der Waals surface area contributed by atoms with E-state index in [1.807, 2.05) is 0 Å². The smallest absolute Gasteiger partial charge is 0.306 e. The molecule has 0 aliphatic heterocycles. The molecule has 0 heterocycles. The van der Waals surface area contributed by atoms with Gasteiger partial charge in [-0.3, -0.25) is 14.4 Å². The van der Waals surface area contributed by atoms with Crippen LogP contribution in [0.2, 0.25) is 0 Å². The van der Waals surface area contributed by atoms with Crippen LogP contribution in [0, 0.1) is 0 Å². The molecule has 0 unspecified atom stereocenters. The molecule has 426 valence electrons. The van der Waals surface area contributed by atoms with Crippen LogP contribution in [0.15, 0.2) is 48.6 Å². The van der Waals surface area contributed by atoms with Gasteiger partial charge in [-0.1, -0.05) is 313 Å². The van der Waals surface area contributed by atoms with Crippen LogP contribution in [0.4, 0.5) is 0 Å². The Labute approximate surface area is 454 Å². The second kappa shape index (κ2) is 61.9. The van der Waals surface area contributed by atoms with Gasteiger partial charge in [0.15, 0.2) is 6.10 Å². The molecule has 0 aliphatic carbocycles. The highest BCUT2D eigenvalue weighted by molar-refractivity contribution is 5.71. The predicted octanol–water partition coefficient (Wildman–Crippen LogP) is 21.8. The molecule has 0 rings (SSSR count). The van der Waals surface area contributed by atoms with E-state index < -0.39 is 6.10 Å². The molecule has 0 radical (unpaired) electrons. The first-order valence-corrected chi connectivity index (χ1v) is 32.1. The van der Waals surface area contributed by atoms with Gasteiger partial charge >= 0.3 is 17.9 Å². The number of hydrogen-bond donors (Lipinski definition) is 0. The second-order valence-electron chi connectivity index (χ2n) is 21.7. The van der Waals surface area contributed by atoms with Crippen molar-refractivity contribution in [1.29, 1.82) is 0 Å². The summed E-state index contributed by atoms with van der Waals surface area (Å²) in [4.78, 5) is 38.3. The fraction of sp³-hybridized carbons (Fsp3) is 0.836. The van der Waals surface area contributed by atoms with Crippen molar-refractivity contribution in [1.82, 2.24) is 0 Å². The third-order valence-corrected chi connectivity index (χ3v) is 14.3. The molecule has 0 bridgehead atoms. The molecule has 0 amide bonds. The van der Waals surface area contributed by atoms with Crippen molar-refractivity contribution < 1.29 is 28.6 Å². The fourth-order valence-corrected chi connectivity index (χ4v) is 9.50. The van der Waals surface area contributed by atoms with E-state index in [4.69, 9.17) is 14.2 Å². The molecule has 0 aromatic carbocycles. The molecule has 6 heteroatoms. The first-order chi connectivity index (χ1) is 36.0. The average molecular weight is 1020 g/mol. The monoisotopic (exact) mass is 1020 g/mol. The summed E-state index contributed by atoms with van der Waals surface area (Å²) in [6.07, 6.45) is 76.9. The van der Waals surface area contributed by atoms with Crippen molar-refractivity contribution >= 4 is 17.9 Å². The normalized spacial score (nSPS) is 12.3. The zero-order valence-corrected chi connectivity index (χ0v) is 48.9. The maximum absolute atomic E-state index is 12.9. The molecule has 6 nitrogen and oxygen atoms in total. The Bertz CT molecular complexity index is 1270. The van der Waals surface area contributed by atoms with Crippen molar-refractivity contribution in [2.24, 2.45) is 0 Å². The molecule has 0 spiro atoms. The summed E-state index contributed by atoms with van der Waals surface area (Å²) < 4.78 is 16.9. The highest BCUT2D eigenvalue weighted by Crippen LogP contribution is 2.18. The van der Waals surface area contributed by atoms with Crippen LogP contribution in [-0.2, 0) is 28.6 Å². The Morgan fingerprint density at radius 1 is 0.274 bits per heavy atom. The predicted molar refractivity (Wildman–Crippen MR) is 316 cm³/mol. The first-order valence-electron chi connectivity index (χ1n) is 32.1. The van der Waals surface area contributed by atoms with E-state index in [0.717, 1.165) is 64.2 Å². The van der Waals surface area contributed by atoms with Crippen LogP contribution in [0.25, 0.3) is 0 Å². The number of carbonyl (C=O) groups excluding carboxylic acids is 3. The van der Waals surface area contributed by atoms with Crippen molar-refractivity contribution in [2.75, 3.05) is 13.2 Å². The molecular weight excluding hydrogens is 901 g/mol. The fourth-order valence-electron chi connectivity index (χ4n) is 9.50. The number of unbranched alkanes of at least 4 members (excludes halogenated alkanes) is 40. The van der Waals surface area contributed by atoms with E-state index in [1.54, 1.807) is 0 Å². The van der Waals surface area contributed by atoms with Crippen LogP contribution >= 0.6 is 0 Å². The van der Waals surface area contributed by atoms with Crippen LogP contribution in [-0.4, -0.2) is 37.2 Å². The topological polar surface area (TPSA) is 78.9 Å². The maximum Gasteiger partial charge on any atom is 0.306 e. The summed E-state index contributed by atoms with van der Waals surface area (Å²) in [7, 11) is 0. The van der Waals surface area contributed by atoms with E-state index in [9.17, 15) is 14.4 Å². The number of rotatable bonds is 59. The number of carbonyl (C=O) groups is 3. The Hall–Kier alpha value is -2.63. The summed E-state index contributed by atoms with van der Waals surface area (Å²) in [6.45, 7) is 6.63. The standard InChI is InChI=1S/C67H122O6/c1-4-7-10-13-16-19-22-25-28-31-33-36-39-42-45-48-51-54-57-60-66(69)72-63-64(62-71-65(68)59-56-53-50-47-44-41-38-35-30-27-24-21-18-15-12-9-6-3)73-67(70)61-58-55-52-49-46-43-40-37-34-32-29-26-23-20-17-14-11-8-5-2/h18,21,27,30,38,41,47,50,64H,4-17,19-20,22-26,28-29,31-37,39-40,42-46,48-49,51-63H2,1-3H3/b21-18-,30-27-,41-38-,50-47-/t64-/m1/s1. The number of hydrogen-bond acceptors (Lipinski definition) is 6. The number of esters is 3. The van der Waals surface area contributed by atoms with Gasteiger partial charge in [0.2, 0.25) is 0 Å². The Kier molecular flexibility index (Phi) is 59.7. The summed E-state index contributed by atoms with van der Waals surface area (Å²) in [5.41, 5.74) is 0. The molecule has 0 aromatic rings. The van der Waals surface area contributed by atoms with Gasteiger partial charge in [-0.05, 0) is 57.8 Å². The van der Waals surface area contributed by atoms with E-state index in [0.29, 0.717) is 19.3 Å². The summed E-state index contributed by atoms with van der Waals surface area (Å²) in [6, 6.07) is 0. The highest BCUT2D eigenvalue weighted by atomic mass is 16.6. The number of ether oxygens (including phenoxy) is 3. The van der Waals surface area contributed by atoms with Crippen molar-refractivity contribution in [3.8, 4) is 0 Å². The third kappa shape index (κ3) is 60.1. The van der Waals surface area contributed by atoms with Gasteiger partial charge in [-0.15, -0.1) is 0 Å². The lowest BCUT2D eigenvalue weighted by Crippen LogP contribution is -2.30. The van der Waals surface area contributed by atoms with Crippen LogP contribution < -0.4 is 0 Å². The van der Waals surface area contributed by atoms with Gasteiger partial charge in [0.25, 0.3) is 0 Å². The van der Waals surface area contributed by atoms with Gasteiger partial charge in [-0.25, -0.2) is 0 Å². The molecule has 0 saturated carbocycles. The Balaban J connectivity index is 4.39. The molecule has 1 atom stereocenters. The minimum Gasteiger partial charge on any atom is -0.462 e. The molecule has 0 saturated heterocycles. The van der Waals surface area contributed by atoms with E-state index in [2.05, 4.69) is 69.4 Å². The zero-order valence-electron chi connectivity index (χ0n) is 48.9. The lowest BCUT2D eigenvalue weighted by Gasteiger charge is -2.18. The zero-order chi connectivity index (χ0) is 52.9. The summed E-state index contributed by atoms with van der Waals surface area (Å²) in [5, 5.41) is 0. The van der Waals surface area contributed by atoms with Crippen LogP contribution in [0.1, 0.15) is 342 Å². The minimum absolute atomic E-state index is 0.0849. The minimum atomic E-state index is -0.792. The largest absolute Gasteiger partial charge is 0.462 e. The first kappa shape index (κ1) is 70.4. The van der Waals surface area contributed by atoms with Gasteiger partial charge in [-0.2, -0.15) is 0 Å². The van der Waals surface area contributed by atoms with Gasteiger partial charge in [0.1, 0.15) is 13.2 Å². The molecule has 73 heavy (non-hydrogen) atoms. The average Bonchev–Trinajstić information content (AvgIpc) is 3.39. The second-order valence-corrected chi connectivity index (χ2v) is 21.7. The van der Waals surface area contributed by atoms with Crippen LogP contribution in [0.3, 0.4) is 0 Å². The summed E-state index contributed by atoms with van der Waals surface area (Å²) >= 11 is 0. The SMILES string of the molecule is CCCCC/C=C\C/C=C\C/C=C\C/C=C\CCCC(=O)OC[C@H](COC(=O)CCCCCCCCCCCCCCCCCCCCC)OC(=O)CCCCCCCCCCCCCCCCCCCCC.